The molecule has 1 aliphatic carbocycles. The van der Waals surface area contributed by atoms with Gasteiger partial charge in [0.2, 0.25) is 5.79 Å². The van der Waals surface area contributed by atoms with E-state index in [2.05, 4.69) is 4.74 Å². The first-order valence-electron chi connectivity index (χ1n) is 8.23. The van der Waals surface area contributed by atoms with E-state index in [0.717, 1.165) is 18.9 Å². The molecule has 0 aromatic heterocycles. The van der Waals surface area contributed by atoms with Gasteiger partial charge in [0.05, 0.1) is 13.7 Å². The summed E-state index contributed by atoms with van der Waals surface area (Å²) in [6.07, 6.45) is 10.7. The Morgan fingerprint density at radius 2 is 1.95 bits per heavy atom. The molecule has 0 amide bonds. The zero-order valence-corrected chi connectivity index (χ0v) is 13.1. The first kappa shape index (κ1) is 16.6. The van der Waals surface area contributed by atoms with Crippen LogP contribution in [0.2, 0.25) is 0 Å². The van der Waals surface area contributed by atoms with Gasteiger partial charge < -0.3 is 18.9 Å². The summed E-state index contributed by atoms with van der Waals surface area (Å²) in [5.74, 6) is 0.171. The predicted octanol–water partition coefficient (Wildman–Crippen LogP) is 3.65. The number of hydrogen-bond donors (Lipinski definition) is 0. The molecule has 2 rings (SSSR count). The Morgan fingerprint density at radius 1 is 1.19 bits per heavy atom. The van der Waals surface area contributed by atoms with Crippen molar-refractivity contribution in [3.63, 3.8) is 0 Å². The molecule has 0 radical (unpaired) electrons. The number of carbonyl (C=O) groups excluding carboxylic acids is 1. The van der Waals surface area contributed by atoms with E-state index in [1.807, 2.05) is 0 Å². The van der Waals surface area contributed by atoms with Crippen molar-refractivity contribution in [1.82, 2.24) is 0 Å². The molecule has 122 valence electrons. The van der Waals surface area contributed by atoms with Crippen molar-refractivity contribution >= 4 is 6.16 Å². The predicted molar refractivity (Wildman–Crippen MR) is 78.0 cm³/mol. The molecule has 0 spiro atoms. The van der Waals surface area contributed by atoms with Crippen LogP contribution in [0.1, 0.15) is 57.8 Å². The fraction of sp³-hybridized carbons (Fsp3) is 0.938. The van der Waals surface area contributed by atoms with E-state index in [1.54, 1.807) is 0 Å². The minimum atomic E-state index is -0.783. The van der Waals surface area contributed by atoms with Crippen LogP contribution in [0.5, 0.6) is 0 Å². The van der Waals surface area contributed by atoms with Gasteiger partial charge in [-0.05, 0) is 12.3 Å². The highest BCUT2D eigenvalue weighted by atomic mass is 16.8. The lowest BCUT2D eigenvalue weighted by Gasteiger charge is -2.21. The molecule has 0 aromatic carbocycles. The molecule has 5 nitrogen and oxygen atoms in total. The summed E-state index contributed by atoms with van der Waals surface area (Å²) < 4.78 is 20.3. The van der Waals surface area contributed by atoms with Crippen molar-refractivity contribution in [3.8, 4) is 0 Å². The van der Waals surface area contributed by atoms with Crippen molar-refractivity contribution in [2.75, 3.05) is 26.9 Å². The van der Waals surface area contributed by atoms with Gasteiger partial charge in [-0.15, -0.1) is 0 Å². The zero-order chi connectivity index (χ0) is 15.0. The van der Waals surface area contributed by atoms with Crippen LogP contribution in [0.4, 0.5) is 4.79 Å². The van der Waals surface area contributed by atoms with Gasteiger partial charge in [-0.25, -0.2) is 4.79 Å². The molecular weight excluding hydrogens is 272 g/mol. The van der Waals surface area contributed by atoms with E-state index in [0.29, 0.717) is 19.6 Å². The standard InChI is InChI=1S/C16H28O5/c1-18-15(17)21-16(13-20-16)10-12-19-11-6-5-9-14-7-3-2-4-8-14/h14H,2-13H2,1H3. The third-order valence-corrected chi connectivity index (χ3v) is 4.41. The quantitative estimate of drug-likeness (QED) is 0.369. The maximum atomic E-state index is 11.0. The third kappa shape index (κ3) is 6.22. The summed E-state index contributed by atoms with van der Waals surface area (Å²) in [7, 11) is 1.29. The van der Waals surface area contributed by atoms with Crippen LogP contribution in [0.3, 0.4) is 0 Å². The van der Waals surface area contributed by atoms with Gasteiger partial charge in [-0.1, -0.05) is 44.9 Å². The molecule has 0 bridgehead atoms. The Hall–Kier alpha value is -0.810. The number of carbonyl (C=O) groups is 1. The molecule has 1 saturated carbocycles. The second-order valence-corrected chi connectivity index (χ2v) is 6.12. The molecule has 1 aliphatic heterocycles. The maximum Gasteiger partial charge on any atom is 0.510 e. The first-order chi connectivity index (χ1) is 10.2. The summed E-state index contributed by atoms with van der Waals surface area (Å²) in [5.41, 5.74) is 0. The number of methoxy groups -OCH3 is 1. The van der Waals surface area contributed by atoms with E-state index >= 15 is 0 Å². The Bertz CT molecular complexity index is 308. The van der Waals surface area contributed by atoms with Crippen molar-refractivity contribution < 1.29 is 23.7 Å². The van der Waals surface area contributed by atoms with Crippen LogP contribution < -0.4 is 0 Å². The van der Waals surface area contributed by atoms with Gasteiger partial charge in [0.25, 0.3) is 0 Å². The zero-order valence-electron chi connectivity index (χ0n) is 13.1. The SMILES string of the molecule is COC(=O)OC1(CCOCCCCC2CCCCC2)CO1. The minimum Gasteiger partial charge on any atom is -0.438 e. The van der Waals surface area contributed by atoms with E-state index in [4.69, 9.17) is 14.2 Å². The summed E-state index contributed by atoms with van der Waals surface area (Å²) in [6, 6.07) is 0. The van der Waals surface area contributed by atoms with Crippen molar-refractivity contribution in [2.24, 2.45) is 5.92 Å². The largest absolute Gasteiger partial charge is 0.510 e. The molecule has 21 heavy (non-hydrogen) atoms. The van der Waals surface area contributed by atoms with E-state index in [9.17, 15) is 4.79 Å². The lowest BCUT2D eigenvalue weighted by Crippen LogP contribution is -2.23. The molecule has 1 atom stereocenters. The molecule has 0 N–H and O–H groups in total. The lowest BCUT2D eigenvalue weighted by atomic mass is 9.86. The second-order valence-electron chi connectivity index (χ2n) is 6.12. The highest BCUT2D eigenvalue weighted by Crippen LogP contribution is 2.32. The lowest BCUT2D eigenvalue weighted by molar-refractivity contribution is -0.0444. The topological polar surface area (TPSA) is 57.3 Å². The summed E-state index contributed by atoms with van der Waals surface area (Å²) in [6.45, 7) is 1.77. The number of hydrogen-bond acceptors (Lipinski definition) is 5. The molecule has 5 heteroatoms. The van der Waals surface area contributed by atoms with Crippen LogP contribution >= 0.6 is 0 Å². The van der Waals surface area contributed by atoms with Crippen molar-refractivity contribution in [2.45, 2.75) is 63.6 Å². The van der Waals surface area contributed by atoms with Crippen LogP contribution in [-0.4, -0.2) is 38.9 Å². The second kappa shape index (κ2) is 8.59. The van der Waals surface area contributed by atoms with Crippen molar-refractivity contribution in [3.05, 3.63) is 0 Å². The van der Waals surface area contributed by atoms with Gasteiger partial charge in [-0.2, -0.15) is 0 Å². The normalized spacial score (nSPS) is 25.6. The molecular formula is C16H28O5. The van der Waals surface area contributed by atoms with Crippen molar-refractivity contribution in [1.29, 1.82) is 0 Å². The smallest absolute Gasteiger partial charge is 0.438 e. The Labute approximate surface area is 127 Å². The third-order valence-electron chi connectivity index (χ3n) is 4.41. The maximum absolute atomic E-state index is 11.0. The molecule has 1 saturated heterocycles. The van der Waals surface area contributed by atoms with Gasteiger partial charge in [0.1, 0.15) is 6.61 Å². The summed E-state index contributed by atoms with van der Waals surface area (Å²) in [4.78, 5) is 11.0. The van der Waals surface area contributed by atoms with E-state index in [1.165, 1.54) is 52.1 Å². The first-order valence-corrected chi connectivity index (χ1v) is 8.23. The number of ether oxygens (including phenoxy) is 4. The van der Waals surface area contributed by atoms with Crippen LogP contribution in [0, 0.1) is 5.92 Å². The van der Waals surface area contributed by atoms with E-state index in [-0.39, 0.29) is 0 Å². The van der Waals surface area contributed by atoms with Gasteiger partial charge in [-0.3, -0.25) is 0 Å². The van der Waals surface area contributed by atoms with Gasteiger partial charge in [0, 0.05) is 13.0 Å². The number of rotatable bonds is 9. The summed E-state index contributed by atoms with van der Waals surface area (Å²) >= 11 is 0. The van der Waals surface area contributed by atoms with Crippen LogP contribution in [0.25, 0.3) is 0 Å². The average Bonchev–Trinajstić information content (AvgIpc) is 3.27. The Morgan fingerprint density at radius 3 is 2.62 bits per heavy atom. The fourth-order valence-corrected chi connectivity index (χ4v) is 2.97. The van der Waals surface area contributed by atoms with E-state index < -0.39 is 11.9 Å². The summed E-state index contributed by atoms with van der Waals surface area (Å²) in [5, 5.41) is 0. The van der Waals surface area contributed by atoms with Gasteiger partial charge >= 0.3 is 6.16 Å². The average molecular weight is 300 g/mol. The number of epoxide rings is 1. The highest BCUT2D eigenvalue weighted by Gasteiger charge is 2.49. The Balaban J connectivity index is 1.42. The monoisotopic (exact) mass is 300 g/mol. The molecule has 2 aliphatic rings. The highest BCUT2D eigenvalue weighted by molar-refractivity contribution is 5.60. The Kier molecular flexibility index (Phi) is 6.77. The molecule has 1 heterocycles. The fourth-order valence-electron chi connectivity index (χ4n) is 2.97. The van der Waals surface area contributed by atoms with Crippen LogP contribution in [-0.2, 0) is 18.9 Å². The van der Waals surface area contributed by atoms with Gasteiger partial charge in [0.15, 0.2) is 0 Å². The molecule has 2 fully saturated rings. The minimum absolute atomic E-state index is 0.438. The molecule has 1 unspecified atom stereocenters. The molecule has 0 aromatic rings. The number of unbranched alkanes of at least 4 members (excludes halogenated alkanes) is 1. The van der Waals surface area contributed by atoms with Crippen LogP contribution in [0.15, 0.2) is 0 Å².